The molecule has 0 radical (unpaired) electrons. The van der Waals surface area contributed by atoms with E-state index in [9.17, 15) is 13.2 Å². The number of benzene rings is 1. The van der Waals surface area contributed by atoms with E-state index in [0.717, 1.165) is 0 Å². The largest absolute Gasteiger partial charge is 0.407 e. The molecule has 0 aromatic heterocycles. The first-order chi connectivity index (χ1) is 7.00. The Kier molecular flexibility index (Phi) is 2.34. The first-order valence-corrected chi connectivity index (χ1v) is 4.67. The van der Waals surface area contributed by atoms with Gasteiger partial charge in [0.25, 0.3) is 0 Å². The Balaban J connectivity index is 2.48. The number of hydrogen-bond acceptors (Lipinski definition) is 2. The lowest BCUT2D eigenvalue weighted by Gasteiger charge is -2.29. The maximum absolute atomic E-state index is 12.6. The molecule has 0 saturated heterocycles. The number of fused-ring (bicyclic) bond motifs is 1. The average molecular weight is 216 g/mol. The summed E-state index contributed by atoms with van der Waals surface area (Å²) < 4.78 is 37.9. The molecular formula is C10H11F3N2. The van der Waals surface area contributed by atoms with Gasteiger partial charge in [0.15, 0.2) is 0 Å². The topological polar surface area (TPSA) is 38.0 Å². The van der Waals surface area contributed by atoms with Crippen LogP contribution in [0.25, 0.3) is 0 Å². The van der Waals surface area contributed by atoms with Crippen LogP contribution in [0.1, 0.15) is 17.2 Å². The van der Waals surface area contributed by atoms with E-state index in [4.69, 9.17) is 5.73 Å². The van der Waals surface area contributed by atoms with Crippen molar-refractivity contribution in [1.82, 2.24) is 5.32 Å². The second kappa shape index (κ2) is 3.41. The molecule has 1 aliphatic rings. The zero-order chi connectivity index (χ0) is 11.1. The second-order valence-electron chi connectivity index (χ2n) is 3.59. The molecule has 1 heterocycles. The number of rotatable bonds is 0. The van der Waals surface area contributed by atoms with Crippen LogP contribution in [0.3, 0.4) is 0 Å². The van der Waals surface area contributed by atoms with E-state index in [2.05, 4.69) is 5.32 Å². The minimum atomic E-state index is -4.26. The van der Waals surface area contributed by atoms with Gasteiger partial charge in [0, 0.05) is 12.2 Å². The summed E-state index contributed by atoms with van der Waals surface area (Å²) in [4.78, 5) is 0. The van der Waals surface area contributed by atoms with Gasteiger partial charge < -0.3 is 11.1 Å². The zero-order valence-electron chi connectivity index (χ0n) is 7.93. The van der Waals surface area contributed by atoms with Crippen molar-refractivity contribution in [3.8, 4) is 0 Å². The van der Waals surface area contributed by atoms with Crippen molar-refractivity contribution >= 4 is 5.69 Å². The second-order valence-corrected chi connectivity index (χ2v) is 3.59. The highest BCUT2D eigenvalue weighted by molar-refractivity contribution is 5.53. The van der Waals surface area contributed by atoms with Gasteiger partial charge in [0.05, 0.1) is 0 Å². The highest BCUT2D eigenvalue weighted by Gasteiger charge is 2.43. The predicted molar refractivity (Wildman–Crippen MR) is 51.4 cm³/mol. The number of alkyl halides is 3. The van der Waals surface area contributed by atoms with Gasteiger partial charge in [-0.25, -0.2) is 0 Å². The summed E-state index contributed by atoms with van der Waals surface area (Å²) in [6.07, 6.45) is -3.71. The quantitative estimate of drug-likeness (QED) is 0.651. The van der Waals surface area contributed by atoms with Gasteiger partial charge in [-0.15, -0.1) is 0 Å². The van der Waals surface area contributed by atoms with Gasteiger partial charge in [-0.2, -0.15) is 13.2 Å². The summed E-state index contributed by atoms with van der Waals surface area (Å²) in [6.45, 7) is 0.311. The van der Waals surface area contributed by atoms with Gasteiger partial charge in [0.2, 0.25) is 0 Å². The molecule has 5 heteroatoms. The Labute approximate surface area is 85.3 Å². The van der Waals surface area contributed by atoms with Crippen LogP contribution in [0.15, 0.2) is 18.2 Å². The molecule has 2 nitrogen and oxygen atoms in total. The summed E-state index contributed by atoms with van der Waals surface area (Å²) in [5.41, 5.74) is 6.98. The molecule has 0 saturated carbocycles. The monoisotopic (exact) mass is 216 g/mol. The normalized spacial score (nSPS) is 21.1. The molecule has 15 heavy (non-hydrogen) atoms. The van der Waals surface area contributed by atoms with E-state index in [-0.39, 0.29) is 5.56 Å². The Morgan fingerprint density at radius 2 is 2.07 bits per heavy atom. The number of nitrogens with one attached hydrogen (secondary N) is 1. The van der Waals surface area contributed by atoms with Crippen LogP contribution in [0.5, 0.6) is 0 Å². The lowest BCUT2D eigenvalue weighted by atomic mass is 9.93. The van der Waals surface area contributed by atoms with Crippen LogP contribution in [0.4, 0.5) is 18.9 Å². The molecule has 2 rings (SSSR count). The molecule has 1 atom stereocenters. The van der Waals surface area contributed by atoms with Crippen LogP contribution in [0, 0.1) is 0 Å². The summed E-state index contributed by atoms with van der Waals surface area (Å²) in [5, 5.41) is 2.46. The fraction of sp³-hybridized carbons (Fsp3) is 0.400. The molecule has 0 bridgehead atoms. The fourth-order valence-corrected chi connectivity index (χ4v) is 1.93. The molecule has 1 aromatic rings. The highest BCUT2D eigenvalue weighted by atomic mass is 19.4. The van der Waals surface area contributed by atoms with Gasteiger partial charge >= 0.3 is 6.18 Å². The molecule has 0 fully saturated rings. The van der Waals surface area contributed by atoms with Crippen molar-refractivity contribution in [2.75, 3.05) is 12.3 Å². The van der Waals surface area contributed by atoms with E-state index in [1.165, 1.54) is 6.07 Å². The van der Waals surface area contributed by atoms with E-state index in [1.54, 1.807) is 12.1 Å². The van der Waals surface area contributed by atoms with Crippen molar-refractivity contribution in [2.24, 2.45) is 0 Å². The van der Waals surface area contributed by atoms with Crippen molar-refractivity contribution in [3.63, 3.8) is 0 Å². The Morgan fingerprint density at radius 1 is 1.33 bits per heavy atom. The maximum atomic E-state index is 12.6. The Morgan fingerprint density at radius 3 is 2.73 bits per heavy atom. The van der Waals surface area contributed by atoms with Crippen LogP contribution in [-0.4, -0.2) is 12.7 Å². The van der Waals surface area contributed by atoms with Gasteiger partial charge in [-0.05, 0) is 23.6 Å². The van der Waals surface area contributed by atoms with Crippen LogP contribution in [0.2, 0.25) is 0 Å². The van der Waals surface area contributed by atoms with Crippen molar-refractivity contribution < 1.29 is 13.2 Å². The van der Waals surface area contributed by atoms with E-state index in [1.807, 2.05) is 0 Å². The lowest BCUT2D eigenvalue weighted by Crippen LogP contribution is -2.39. The molecule has 0 amide bonds. The van der Waals surface area contributed by atoms with E-state index in [0.29, 0.717) is 24.2 Å². The van der Waals surface area contributed by atoms with Crippen LogP contribution in [-0.2, 0) is 6.42 Å². The van der Waals surface area contributed by atoms with Crippen molar-refractivity contribution in [2.45, 2.75) is 18.6 Å². The summed E-state index contributed by atoms with van der Waals surface area (Å²) in [5.74, 6) is 0. The number of hydrogen-bond donors (Lipinski definition) is 2. The van der Waals surface area contributed by atoms with E-state index < -0.39 is 12.2 Å². The van der Waals surface area contributed by atoms with E-state index >= 15 is 0 Å². The van der Waals surface area contributed by atoms with Gasteiger partial charge in [0.1, 0.15) is 6.04 Å². The highest BCUT2D eigenvalue weighted by Crippen LogP contribution is 2.37. The molecule has 1 aromatic carbocycles. The maximum Gasteiger partial charge on any atom is 0.407 e. The average Bonchev–Trinajstić information content (AvgIpc) is 2.16. The minimum absolute atomic E-state index is 0.258. The number of nitrogens with two attached hydrogens (primary N) is 1. The molecule has 3 N–H and O–H groups in total. The third kappa shape index (κ3) is 1.79. The van der Waals surface area contributed by atoms with Crippen LogP contribution >= 0.6 is 0 Å². The summed E-state index contributed by atoms with van der Waals surface area (Å²) in [7, 11) is 0. The number of halogens is 3. The Hall–Kier alpha value is -1.23. The first-order valence-electron chi connectivity index (χ1n) is 4.67. The van der Waals surface area contributed by atoms with Gasteiger partial charge in [-0.3, -0.25) is 0 Å². The number of anilines is 1. The zero-order valence-corrected chi connectivity index (χ0v) is 7.93. The third-order valence-corrected chi connectivity index (χ3v) is 2.61. The SMILES string of the molecule is Nc1cccc2c1CCN[C@@H]2C(F)(F)F. The molecule has 0 aliphatic carbocycles. The molecule has 0 spiro atoms. The third-order valence-electron chi connectivity index (χ3n) is 2.61. The predicted octanol–water partition coefficient (Wildman–Crippen LogP) is 2.02. The Bertz CT molecular complexity index is 373. The number of nitrogen functional groups attached to an aromatic ring is 1. The molecule has 0 unspecified atom stereocenters. The van der Waals surface area contributed by atoms with Gasteiger partial charge in [-0.1, -0.05) is 12.1 Å². The minimum Gasteiger partial charge on any atom is -0.398 e. The molecule has 82 valence electrons. The first kappa shape index (κ1) is 10.3. The summed E-state index contributed by atoms with van der Waals surface area (Å²) >= 11 is 0. The van der Waals surface area contributed by atoms with Crippen molar-refractivity contribution in [1.29, 1.82) is 0 Å². The molecular weight excluding hydrogens is 205 g/mol. The lowest BCUT2D eigenvalue weighted by molar-refractivity contribution is -0.158. The van der Waals surface area contributed by atoms with Crippen molar-refractivity contribution in [3.05, 3.63) is 29.3 Å². The smallest absolute Gasteiger partial charge is 0.398 e. The molecule has 1 aliphatic heterocycles. The standard InChI is InChI=1S/C10H11F3N2/c11-10(12,13)9-7-2-1-3-8(14)6(7)4-5-15-9/h1-3,9,15H,4-5,14H2/t9-/m0/s1. The fourth-order valence-electron chi connectivity index (χ4n) is 1.93. The van der Waals surface area contributed by atoms with Crippen LogP contribution < -0.4 is 11.1 Å². The summed E-state index contributed by atoms with van der Waals surface area (Å²) in [6, 6.07) is 3.10.